The predicted molar refractivity (Wildman–Crippen MR) is 71.6 cm³/mol. The van der Waals surface area contributed by atoms with Crippen LogP contribution in [0.4, 0.5) is 4.39 Å². The van der Waals surface area contributed by atoms with E-state index in [1.807, 2.05) is 6.07 Å². The summed E-state index contributed by atoms with van der Waals surface area (Å²) in [7, 11) is 0. The highest BCUT2D eigenvalue weighted by Crippen LogP contribution is 2.24. The Morgan fingerprint density at radius 1 is 1.15 bits per heavy atom. The molecule has 0 saturated carbocycles. The minimum Gasteiger partial charge on any atom is -0.487 e. The summed E-state index contributed by atoms with van der Waals surface area (Å²) in [4.78, 5) is 0. The fourth-order valence-corrected chi connectivity index (χ4v) is 1.86. The SMILES string of the molecule is N#Cc1ccc(COc2cccc(F)c2C#N)c(Cl)c1. The van der Waals surface area contributed by atoms with Crippen molar-refractivity contribution in [1.82, 2.24) is 0 Å². The molecular weight excluding hydrogens is 279 g/mol. The Labute approximate surface area is 120 Å². The standard InChI is InChI=1S/C15H8ClFN2O/c16-13-6-10(7-18)4-5-11(13)9-20-15-3-1-2-14(17)12(15)8-19/h1-6H,9H2. The van der Waals surface area contributed by atoms with Gasteiger partial charge in [0, 0.05) is 10.6 Å². The van der Waals surface area contributed by atoms with Gasteiger partial charge in [-0.1, -0.05) is 23.7 Å². The van der Waals surface area contributed by atoms with Crippen molar-refractivity contribution >= 4 is 11.6 Å². The number of nitriles is 2. The van der Waals surface area contributed by atoms with E-state index < -0.39 is 5.82 Å². The molecule has 0 fully saturated rings. The van der Waals surface area contributed by atoms with Gasteiger partial charge in [0.1, 0.15) is 29.8 Å². The van der Waals surface area contributed by atoms with Crippen molar-refractivity contribution in [3.8, 4) is 17.9 Å². The molecule has 0 unspecified atom stereocenters. The second-order valence-corrected chi connectivity index (χ2v) is 4.34. The molecule has 2 rings (SSSR count). The molecule has 2 aromatic carbocycles. The third-order valence-electron chi connectivity index (χ3n) is 2.65. The Balaban J connectivity index is 2.20. The lowest BCUT2D eigenvalue weighted by atomic mass is 10.1. The lowest BCUT2D eigenvalue weighted by molar-refractivity contribution is 0.303. The van der Waals surface area contributed by atoms with Crippen LogP contribution in [-0.2, 0) is 6.61 Å². The van der Waals surface area contributed by atoms with Gasteiger partial charge in [0.2, 0.25) is 0 Å². The van der Waals surface area contributed by atoms with Crippen LogP contribution >= 0.6 is 11.6 Å². The van der Waals surface area contributed by atoms with E-state index in [0.717, 1.165) is 0 Å². The van der Waals surface area contributed by atoms with Crippen molar-refractivity contribution in [3.05, 3.63) is 63.9 Å². The maximum atomic E-state index is 13.4. The molecule has 0 atom stereocenters. The number of nitrogens with zero attached hydrogens (tertiary/aromatic N) is 2. The molecule has 0 aliphatic heterocycles. The Kier molecular flexibility index (Phi) is 4.20. The fourth-order valence-electron chi connectivity index (χ4n) is 1.62. The third-order valence-corrected chi connectivity index (χ3v) is 3.00. The van der Waals surface area contributed by atoms with Gasteiger partial charge in [-0.15, -0.1) is 0 Å². The monoisotopic (exact) mass is 286 g/mol. The zero-order valence-corrected chi connectivity index (χ0v) is 11.0. The minimum atomic E-state index is -0.629. The minimum absolute atomic E-state index is 0.0860. The van der Waals surface area contributed by atoms with Gasteiger partial charge < -0.3 is 4.74 Å². The van der Waals surface area contributed by atoms with E-state index in [9.17, 15) is 4.39 Å². The molecule has 0 N–H and O–H groups in total. The number of ether oxygens (including phenoxy) is 1. The summed E-state index contributed by atoms with van der Waals surface area (Å²) in [5.74, 6) is -0.469. The highest BCUT2D eigenvalue weighted by molar-refractivity contribution is 6.31. The van der Waals surface area contributed by atoms with E-state index in [1.165, 1.54) is 24.3 Å². The van der Waals surface area contributed by atoms with Crippen LogP contribution in [0.1, 0.15) is 16.7 Å². The number of rotatable bonds is 3. The second-order valence-electron chi connectivity index (χ2n) is 3.93. The summed E-state index contributed by atoms with van der Waals surface area (Å²) >= 11 is 6.01. The van der Waals surface area contributed by atoms with E-state index in [0.29, 0.717) is 16.1 Å². The number of hydrogen-bond donors (Lipinski definition) is 0. The summed E-state index contributed by atoms with van der Waals surface area (Å²) in [5, 5.41) is 18.0. The van der Waals surface area contributed by atoms with Crippen LogP contribution in [0.2, 0.25) is 5.02 Å². The van der Waals surface area contributed by atoms with Crippen LogP contribution in [0.5, 0.6) is 5.75 Å². The molecule has 0 amide bonds. The molecule has 0 aromatic heterocycles. The first-order valence-electron chi connectivity index (χ1n) is 5.65. The lowest BCUT2D eigenvalue weighted by Crippen LogP contribution is -1.99. The fraction of sp³-hybridized carbons (Fsp3) is 0.0667. The first-order chi connectivity index (χ1) is 9.65. The number of hydrogen-bond acceptors (Lipinski definition) is 3. The lowest BCUT2D eigenvalue weighted by Gasteiger charge is -2.09. The van der Waals surface area contributed by atoms with Gasteiger partial charge >= 0.3 is 0 Å². The van der Waals surface area contributed by atoms with Crippen molar-refractivity contribution in [3.63, 3.8) is 0 Å². The Bertz CT molecular complexity index is 732. The predicted octanol–water partition coefficient (Wildman–Crippen LogP) is 3.80. The summed E-state index contributed by atoms with van der Waals surface area (Å²) in [6, 6.07) is 12.7. The molecule has 3 nitrogen and oxygen atoms in total. The largest absolute Gasteiger partial charge is 0.487 e. The average molecular weight is 287 g/mol. The van der Waals surface area contributed by atoms with Gasteiger partial charge in [-0.25, -0.2) is 4.39 Å². The summed E-state index contributed by atoms with van der Waals surface area (Å²) in [6.07, 6.45) is 0. The maximum absolute atomic E-state index is 13.4. The summed E-state index contributed by atoms with van der Waals surface area (Å²) < 4.78 is 18.8. The van der Waals surface area contributed by atoms with E-state index in [-0.39, 0.29) is 17.9 Å². The molecule has 0 radical (unpaired) electrons. The van der Waals surface area contributed by atoms with E-state index in [1.54, 1.807) is 18.2 Å². The molecule has 2 aromatic rings. The van der Waals surface area contributed by atoms with Gasteiger partial charge in [-0.05, 0) is 24.3 Å². The maximum Gasteiger partial charge on any atom is 0.144 e. The van der Waals surface area contributed by atoms with Crippen LogP contribution in [0, 0.1) is 28.5 Å². The molecule has 0 heterocycles. The number of benzene rings is 2. The Hall–Kier alpha value is -2.56. The van der Waals surface area contributed by atoms with Crippen LogP contribution < -0.4 is 4.74 Å². The molecule has 5 heteroatoms. The van der Waals surface area contributed by atoms with Gasteiger partial charge in [0.05, 0.1) is 11.6 Å². The van der Waals surface area contributed by atoms with Crippen LogP contribution in [0.3, 0.4) is 0 Å². The van der Waals surface area contributed by atoms with Gasteiger partial charge in [0.25, 0.3) is 0 Å². The summed E-state index contributed by atoms with van der Waals surface area (Å²) in [6.45, 7) is 0.0860. The Morgan fingerprint density at radius 2 is 1.95 bits per heavy atom. The highest BCUT2D eigenvalue weighted by Gasteiger charge is 2.10. The quantitative estimate of drug-likeness (QED) is 0.862. The van der Waals surface area contributed by atoms with E-state index in [2.05, 4.69) is 0 Å². The molecule has 0 aliphatic carbocycles. The highest BCUT2D eigenvalue weighted by atomic mass is 35.5. The molecule has 0 saturated heterocycles. The van der Waals surface area contributed by atoms with Gasteiger partial charge in [0.15, 0.2) is 0 Å². The van der Waals surface area contributed by atoms with Gasteiger partial charge in [-0.2, -0.15) is 10.5 Å². The Morgan fingerprint density at radius 3 is 2.60 bits per heavy atom. The molecule has 0 bridgehead atoms. The van der Waals surface area contributed by atoms with Crippen molar-refractivity contribution in [2.45, 2.75) is 6.61 Å². The zero-order valence-electron chi connectivity index (χ0n) is 10.2. The van der Waals surface area contributed by atoms with Crippen LogP contribution in [-0.4, -0.2) is 0 Å². The van der Waals surface area contributed by atoms with Crippen LogP contribution in [0.15, 0.2) is 36.4 Å². The van der Waals surface area contributed by atoms with Crippen molar-refractivity contribution in [2.24, 2.45) is 0 Å². The zero-order chi connectivity index (χ0) is 14.5. The topological polar surface area (TPSA) is 56.8 Å². The second kappa shape index (κ2) is 6.06. The van der Waals surface area contributed by atoms with Gasteiger partial charge in [-0.3, -0.25) is 0 Å². The van der Waals surface area contributed by atoms with Crippen molar-refractivity contribution in [2.75, 3.05) is 0 Å². The first-order valence-corrected chi connectivity index (χ1v) is 6.03. The van der Waals surface area contributed by atoms with E-state index in [4.69, 9.17) is 26.9 Å². The van der Waals surface area contributed by atoms with Crippen LogP contribution in [0.25, 0.3) is 0 Å². The number of halogens is 2. The van der Waals surface area contributed by atoms with Crippen molar-refractivity contribution in [1.29, 1.82) is 10.5 Å². The average Bonchev–Trinajstić information content (AvgIpc) is 2.46. The molecular formula is C15H8ClFN2O. The summed E-state index contributed by atoms with van der Waals surface area (Å²) in [5.41, 5.74) is 0.957. The smallest absolute Gasteiger partial charge is 0.144 e. The normalized spacial score (nSPS) is 9.60. The molecule has 0 aliphatic rings. The van der Waals surface area contributed by atoms with Crippen molar-refractivity contribution < 1.29 is 9.13 Å². The first kappa shape index (κ1) is 13.9. The third kappa shape index (κ3) is 2.88. The van der Waals surface area contributed by atoms with E-state index >= 15 is 0 Å². The molecule has 98 valence electrons. The molecule has 0 spiro atoms. The molecule has 20 heavy (non-hydrogen) atoms.